The number of carboxylic acid groups (broad SMARTS) is 1. The van der Waals surface area contributed by atoms with E-state index in [-0.39, 0.29) is 12.3 Å². The largest absolute Gasteiger partial charge is 0.497 e. The number of aromatic nitrogens is 1. The van der Waals surface area contributed by atoms with Crippen LogP contribution in [0.3, 0.4) is 0 Å². The first-order chi connectivity index (χ1) is 15.5. The predicted molar refractivity (Wildman–Crippen MR) is 132 cm³/mol. The van der Waals surface area contributed by atoms with Crippen molar-refractivity contribution in [1.82, 2.24) is 9.88 Å². The Labute approximate surface area is 199 Å². The van der Waals surface area contributed by atoms with Gasteiger partial charge in [0.25, 0.3) is 0 Å². The highest BCUT2D eigenvalue weighted by Crippen LogP contribution is 2.35. The van der Waals surface area contributed by atoms with Crippen molar-refractivity contribution < 1.29 is 14.6 Å². The molecule has 0 radical (unpaired) electrons. The van der Waals surface area contributed by atoms with Gasteiger partial charge in [0.15, 0.2) is 0 Å². The molecule has 1 aliphatic carbocycles. The fraction of sp³-hybridized carbons (Fsp3) is 0.600. The molecular weight excluding hydrogens is 444 g/mol. The summed E-state index contributed by atoms with van der Waals surface area (Å²) in [5, 5.41) is 12.1. The highest BCUT2D eigenvalue weighted by molar-refractivity contribution is 8.00. The first-order valence-electron chi connectivity index (χ1n) is 11.7. The Morgan fingerprint density at radius 3 is 2.91 bits per heavy atom. The highest BCUT2D eigenvalue weighted by Gasteiger charge is 2.31. The molecule has 2 unspecified atom stereocenters. The number of aliphatic carboxylic acids is 1. The van der Waals surface area contributed by atoms with Gasteiger partial charge in [-0.1, -0.05) is 11.6 Å². The first-order valence-corrected chi connectivity index (χ1v) is 13.1. The van der Waals surface area contributed by atoms with Gasteiger partial charge in [-0.2, -0.15) is 11.8 Å². The molecule has 2 aromatic rings. The Bertz CT molecular complexity index is 937. The lowest BCUT2D eigenvalue weighted by molar-refractivity contribution is -0.139. The lowest BCUT2D eigenvalue weighted by Crippen LogP contribution is -2.42. The third kappa shape index (κ3) is 6.30. The maximum absolute atomic E-state index is 11.5. The molecule has 2 heterocycles. The Kier molecular flexibility index (Phi) is 8.19. The highest BCUT2D eigenvalue weighted by atomic mass is 35.5. The van der Waals surface area contributed by atoms with Gasteiger partial charge in [0.05, 0.1) is 17.6 Å². The van der Waals surface area contributed by atoms with Crippen LogP contribution in [0.15, 0.2) is 24.4 Å². The predicted octanol–water partition coefficient (Wildman–Crippen LogP) is 5.53. The van der Waals surface area contributed by atoms with E-state index in [0.717, 1.165) is 72.8 Å². The Hall–Kier alpha value is -1.50. The van der Waals surface area contributed by atoms with E-state index in [1.54, 1.807) is 13.3 Å². The van der Waals surface area contributed by atoms with E-state index < -0.39 is 5.97 Å². The minimum atomic E-state index is -0.676. The van der Waals surface area contributed by atoms with Crippen molar-refractivity contribution in [2.24, 2.45) is 11.8 Å². The number of halogens is 1. The summed E-state index contributed by atoms with van der Waals surface area (Å²) in [6.07, 6.45) is 8.73. The number of rotatable bonds is 11. The summed E-state index contributed by atoms with van der Waals surface area (Å²) in [6.45, 7) is 3.09. The first kappa shape index (κ1) is 23.7. The Balaban J connectivity index is 1.35. The van der Waals surface area contributed by atoms with Gasteiger partial charge < -0.3 is 14.7 Å². The van der Waals surface area contributed by atoms with Crippen molar-refractivity contribution in [1.29, 1.82) is 0 Å². The molecule has 1 saturated heterocycles. The molecule has 7 heteroatoms. The van der Waals surface area contributed by atoms with Gasteiger partial charge in [-0.15, -0.1) is 0 Å². The number of ether oxygens (including phenoxy) is 1. The van der Waals surface area contributed by atoms with Crippen LogP contribution in [0.1, 0.15) is 44.1 Å². The number of likely N-dealkylation sites (tertiary alicyclic amines) is 1. The average molecular weight is 477 g/mol. The lowest BCUT2D eigenvalue weighted by Gasteiger charge is -2.38. The van der Waals surface area contributed by atoms with Gasteiger partial charge in [-0.3, -0.25) is 9.78 Å². The molecule has 2 fully saturated rings. The van der Waals surface area contributed by atoms with E-state index in [4.69, 9.17) is 16.3 Å². The number of fused-ring (bicyclic) bond motifs is 1. The van der Waals surface area contributed by atoms with Crippen LogP contribution in [0.25, 0.3) is 10.9 Å². The zero-order valence-electron chi connectivity index (χ0n) is 18.8. The molecule has 1 aliphatic heterocycles. The van der Waals surface area contributed by atoms with E-state index in [2.05, 4.69) is 21.6 Å². The van der Waals surface area contributed by atoms with Gasteiger partial charge in [0, 0.05) is 42.1 Å². The fourth-order valence-electron chi connectivity index (χ4n) is 4.90. The van der Waals surface area contributed by atoms with E-state index in [1.807, 2.05) is 18.2 Å². The van der Waals surface area contributed by atoms with Crippen molar-refractivity contribution in [3.63, 3.8) is 0 Å². The Morgan fingerprint density at radius 2 is 2.16 bits per heavy atom. The molecule has 1 aromatic heterocycles. The SMILES string of the molecule is COc1ccc2ncc(Cl)c(CCCC3CCN(CCSC4CC4)CC3CC(=O)O)c2c1. The van der Waals surface area contributed by atoms with E-state index in [9.17, 15) is 9.90 Å². The van der Waals surface area contributed by atoms with Crippen molar-refractivity contribution in [2.75, 3.05) is 32.5 Å². The molecule has 5 nitrogen and oxygen atoms in total. The second-order valence-corrected chi connectivity index (χ2v) is 11.0. The number of carbonyl (C=O) groups is 1. The van der Waals surface area contributed by atoms with Crippen LogP contribution in [-0.4, -0.2) is 58.7 Å². The second-order valence-electron chi connectivity index (χ2n) is 9.14. The molecule has 0 amide bonds. The van der Waals surface area contributed by atoms with Crippen LogP contribution < -0.4 is 4.74 Å². The van der Waals surface area contributed by atoms with Crippen LogP contribution in [0.2, 0.25) is 5.02 Å². The summed E-state index contributed by atoms with van der Waals surface area (Å²) in [4.78, 5) is 18.5. The summed E-state index contributed by atoms with van der Waals surface area (Å²) >= 11 is 8.61. The van der Waals surface area contributed by atoms with Crippen LogP contribution in [0, 0.1) is 11.8 Å². The summed E-state index contributed by atoms with van der Waals surface area (Å²) in [5.41, 5.74) is 2.03. The van der Waals surface area contributed by atoms with E-state index in [0.29, 0.717) is 10.9 Å². The van der Waals surface area contributed by atoms with Crippen LogP contribution in [0.4, 0.5) is 0 Å². The molecule has 2 aliphatic rings. The number of pyridine rings is 1. The zero-order chi connectivity index (χ0) is 22.5. The average Bonchev–Trinajstić information content (AvgIpc) is 3.60. The van der Waals surface area contributed by atoms with E-state index >= 15 is 0 Å². The fourth-order valence-corrected chi connectivity index (χ4v) is 6.31. The minimum absolute atomic E-state index is 0.233. The number of aryl methyl sites for hydroxylation is 1. The number of piperidine rings is 1. The third-order valence-corrected chi connectivity index (χ3v) is 8.52. The number of methoxy groups -OCH3 is 1. The van der Waals surface area contributed by atoms with Crippen LogP contribution in [-0.2, 0) is 11.2 Å². The maximum Gasteiger partial charge on any atom is 0.303 e. The topological polar surface area (TPSA) is 62.7 Å². The van der Waals surface area contributed by atoms with Gasteiger partial charge in [-0.25, -0.2) is 0 Å². The number of thioether (sulfide) groups is 1. The maximum atomic E-state index is 11.5. The monoisotopic (exact) mass is 476 g/mol. The van der Waals surface area contributed by atoms with Gasteiger partial charge in [0.2, 0.25) is 0 Å². The Morgan fingerprint density at radius 1 is 1.31 bits per heavy atom. The zero-order valence-corrected chi connectivity index (χ0v) is 20.3. The lowest BCUT2D eigenvalue weighted by atomic mass is 9.80. The second kappa shape index (κ2) is 11.1. The standard InChI is InChI=1S/C25H33ClN2O3S/c1-31-19-5-8-24-22(14-19)21(23(26)15-27-24)4-2-3-17-9-10-28(11-12-32-20-6-7-20)16-18(17)13-25(29)30/h5,8,14-15,17-18,20H,2-4,6-7,9-13,16H2,1H3,(H,29,30). The van der Waals surface area contributed by atoms with Gasteiger partial charge in [-0.05, 0) is 80.7 Å². The molecule has 2 atom stereocenters. The number of carboxylic acids is 1. The number of hydrogen-bond acceptors (Lipinski definition) is 5. The summed E-state index contributed by atoms with van der Waals surface area (Å²) in [6, 6.07) is 5.89. The van der Waals surface area contributed by atoms with E-state index in [1.165, 1.54) is 18.6 Å². The van der Waals surface area contributed by atoms with Crippen molar-refractivity contribution >= 4 is 40.2 Å². The van der Waals surface area contributed by atoms with Crippen LogP contribution in [0.5, 0.6) is 5.75 Å². The normalized spacial score (nSPS) is 21.7. The number of benzene rings is 1. The molecule has 1 saturated carbocycles. The van der Waals surface area contributed by atoms with Crippen molar-refractivity contribution in [3.05, 3.63) is 35.0 Å². The molecule has 0 spiro atoms. The van der Waals surface area contributed by atoms with Gasteiger partial charge >= 0.3 is 5.97 Å². The minimum Gasteiger partial charge on any atom is -0.497 e. The smallest absolute Gasteiger partial charge is 0.303 e. The third-order valence-electron chi connectivity index (χ3n) is 6.83. The summed E-state index contributed by atoms with van der Waals surface area (Å²) in [7, 11) is 1.67. The molecular formula is C25H33ClN2O3S. The summed E-state index contributed by atoms with van der Waals surface area (Å²) < 4.78 is 5.39. The number of hydrogen-bond donors (Lipinski definition) is 1. The molecule has 4 rings (SSSR count). The summed E-state index contributed by atoms with van der Waals surface area (Å²) in [5.74, 6) is 1.99. The van der Waals surface area contributed by atoms with Crippen LogP contribution >= 0.6 is 23.4 Å². The molecule has 32 heavy (non-hydrogen) atoms. The molecule has 0 bridgehead atoms. The van der Waals surface area contributed by atoms with Crippen molar-refractivity contribution in [3.8, 4) is 5.75 Å². The molecule has 1 N–H and O–H groups in total. The van der Waals surface area contributed by atoms with Crippen molar-refractivity contribution in [2.45, 2.75) is 50.2 Å². The molecule has 174 valence electrons. The quantitative estimate of drug-likeness (QED) is 0.460. The van der Waals surface area contributed by atoms with Gasteiger partial charge in [0.1, 0.15) is 5.75 Å². The molecule has 1 aromatic carbocycles. The number of nitrogens with zero attached hydrogens (tertiary/aromatic N) is 2.